The average molecular weight is 256 g/mol. The molecule has 0 bridgehead atoms. The molecule has 4 rings (SSSR count). The molecule has 1 spiro atoms. The van der Waals surface area contributed by atoms with Gasteiger partial charge < -0.3 is 4.84 Å². The van der Waals surface area contributed by atoms with Crippen LogP contribution in [0, 0.1) is 0 Å². The van der Waals surface area contributed by atoms with Crippen molar-refractivity contribution in [2.24, 2.45) is 5.16 Å². The molecule has 0 amide bonds. The van der Waals surface area contributed by atoms with Crippen LogP contribution >= 0.6 is 0 Å². The highest BCUT2D eigenvalue weighted by Crippen LogP contribution is 2.43. The summed E-state index contributed by atoms with van der Waals surface area (Å²) in [5.74, 6) is 0. The summed E-state index contributed by atoms with van der Waals surface area (Å²) in [5.41, 5.74) is 3.03. The van der Waals surface area contributed by atoms with Crippen molar-refractivity contribution in [3.63, 3.8) is 0 Å². The van der Waals surface area contributed by atoms with E-state index in [2.05, 4.69) is 28.2 Å². The van der Waals surface area contributed by atoms with Crippen LogP contribution in [0.4, 0.5) is 0 Å². The van der Waals surface area contributed by atoms with Crippen LogP contribution in [0.25, 0.3) is 11.0 Å². The predicted octanol–water partition coefficient (Wildman–Crippen LogP) is 2.50. The second-order valence-corrected chi connectivity index (χ2v) is 5.44. The lowest BCUT2D eigenvalue weighted by Gasteiger charge is -2.34. The van der Waals surface area contributed by atoms with Gasteiger partial charge >= 0.3 is 0 Å². The lowest BCUT2D eigenvalue weighted by Crippen LogP contribution is -2.36. The highest BCUT2D eigenvalue weighted by atomic mass is 16.7. The van der Waals surface area contributed by atoms with Gasteiger partial charge in [0.15, 0.2) is 5.65 Å². The SMILES string of the molecule is CCn1ncc2cc(C3=NOC4(CCC4)C3)cnc21. The molecule has 19 heavy (non-hydrogen) atoms. The van der Waals surface area contributed by atoms with E-state index >= 15 is 0 Å². The third kappa shape index (κ3) is 1.57. The second-order valence-electron chi connectivity index (χ2n) is 5.44. The number of aromatic nitrogens is 3. The first-order valence-corrected chi connectivity index (χ1v) is 6.87. The van der Waals surface area contributed by atoms with Gasteiger partial charge in [-0.2, -0.15) is 5.10 Å². The lowest BCUT2D eigenvalue weighted by molar-refractivity contribution is -0.0755. The molecule has 1 aliphatic heterocycles. The summed E-state index contributed by atoms with van der Waals surface area (Å²) in [6, 6.07) is 2.11. The summed E-state index contributed by atoms with van der Waals surface area (Å²) in [7, 11) is 0. The number of hydrogen-bond donors (Lipinski definition) is 0. The summed E-state index contributed by atoms with van der Waals surface area (Å²) in [6.07, 6.45) is 8.18. The molecule has 2 aromatic heterocycles. The Morgan fingerprint density at radius 2 is 2.26 bits per heavy atom. The number of rotatable bonds is 2. The monoisotopic (exact) mass is 256 g/mol. The molecule has 98 valence electrons. The summed E-state index contributed by atoms with van der Waals surface area (Å²) < 4.78 is 1.90. The van der Waals surface area contributed by atoms with Crippen molar-refractivity contribution in [3.05, 3.63) is 24.0 Å². The minimum absolute atomic E-state index is 0.0118. The van der Waals surface area contributed by atoms with Crippen LogP contribution < -0.4 is 0 Å². The third-order valence-electron chi connectivity index (χ3n) is 4.21. The molecule has 2 aliphatic rings. The number of nitrogens with zero attached hydrogens (tertiary/aromatic N) is 4. The average Bonchev–Trinajstić information content (AvgIpc) is 3.01. The Labute approximate surface area is 111 Å². The van der Waals surface area contributed by atoms with E-state index < -0.39 is 0 Å². The topological polar surface area (TPSA) is 52.3 Å². The van der Waals surface area contributed by atoms with Crippen molar-refractivity contribution < 1.29 is 4.84 Å². The molecule has 5 nitrogen and oxygen atoms in total. The molecule has 1 saturated carbocycles. The molecule has 1 fully saturated rings. The molecule has 0 N–H and O–H groups in total. The molecule has 0 atom stereocenters. The van der Waals surface area contributed by atoms with E-state index in [0.29, 0.717) is 0 Å². The normalized spacial score (nSPS) is 20.4. The maximum absolute atomic E-state index is 5.62. The summed E-state index contributed by atoms with van der Waals surface area (Å²) in [5, 5.41) is 9.65. The second kappa shape index (κ2) is 3.79. The predicted molar refractivity (Wildman–Crippen MR) is 72.0 cm³/mol. The van der Waals surface area contributed by atoms with Gasteiger partial charge in [0.05, 0.1) is 11.9 Å². The number of fused-ring (bicyclic) bond motifs is 1. The van der Waals surface area contributed by atoms with Crippen LogP contribution in [-0.4, -0.2) is 26.1 Å². The van der Waals surface area contributed by atoms with Crippen molar-refractivity contribution >= 4 is 16.7 Å². The van der Waals surface area contributed by atoms with Gasteiger partial charge in [0.1, 0.15) is 5.60 Å². The van der Waals surface area contributed by atoms with Gasteiger partial charge in [-0.15, -0.1) is 0 Å². The van der Waals surface area contributed by atoms with E-state index in [1.54, 1.807) is 0 Å². The number of hydrogen-bond acceptors (Lipinski definition) is 4. The number of oxime groups is 1. The summed E-state index contributed by atoms with van der Waals surface area (Å²) in [6.45, 7) is 2.90. The zero-order valence-corrected chi connectivity index (χ0v) is 11.0. The van der Waals surface area contributed by atoms with E-state index in [-0.39, 0.29) is 5.60 Å². The molecule has 3 heterocycles. The van der Waals surface area contributed by atoms with Crippen molar-refractivity contribution in [3.8, 4) is 0 Å². The number of aryl methyl sites for hydroxylation is 1. The van der Waals surface area contributed by atoms with Crippen molar-refractivity contribution in [1.82, 2.24) is 14.8 Å². The molecule has 1 aliphatic carbocycles. The van der Waals surface area contributed by atoms with Crippen molar-refractivity contribution in [2.75, 3.05) is 0 Å². The first kappa shape index (κ1) is 11.0. The smallest absolute Gasteiger partial charge is 0.157 e. The Hall–Kier alpha value is -1.91. The standard InChI is InChI=1S/C14H16N4O/c1-2-18-13-11(9-16-18)6-10(8-15-13)12-7-14(19-17-12)4-3-5-14/h6,8-9H,2-5,7H2,1H3. The Morgan fingerprint density at radius 3 is 2.95 bits per heavy atom. The van der Waals surface area contributed by atoms with E-state index in [4.69, 9.17) is 4.84 Å². The van der Waals surface area contributed by atoms with E-state index in [1.807, 2.05) is 17.1 Å². The van der Waals surface area contributed by atoms with Gasteiger partial charge in [-0.05, 0) is 32.3 Å². The van der Waals surface area contributed by atoms with E-state index in [1.165, 1.54) is 6.42 Å². The van der Waals surface area contributed by atoms with Crippen LogP contribution in [0.3, 0.4) is 0 Å². The van der Waals surface area contributed by atoms with Gasteiger partial charge in [-0.25, -0.2) is 9.67 Å². The van der Waals surface area contributed by atoms with Gasteiger partial charge in [0.2, 0.25) is 0 Å². The van der Waals surface area contributed by atoms with Crippen LogP contribution in [0.15, 0.2) is 23.6 Å². The fourth-order valence-electron chi connectivity index (χ4n) is 2.88. The minimum Gasteiger partial charge on any atom is -0.389 e. The van der Waals surface area contributed by atoms with Crippen LogP contribution in [0.1, 0.15) is 38.2 Å². The molecule has 2 aromatic rings. The van der Waals surface area contributed by atoms with E-state index in [9.17, 15) is 0 Å². The molecule has 5 heteroatoms. The van der Waals surface area contributed by atoms with Crippen molar-refractivity contribution in [1.29, 1.82) is 0 Å². The Bertz CT molecular complexity index is 669. The van der Waals surface area contributed by atoms with Crippen LogP contribution in [0.5, 0.6) is 0 Å². The number of pyridine rings is 1. The first-order valence-electron chi connectivity index (χ1n) is 6.87. The maximum atomic E-state index is 5.62. The molecular weight excluding hydrogens is 240 g/mol. The Morgan fingerprint density at radius 1 is 1.37 bits per heavy atom. The highest BCUT2D eigenvalue weighted by molar-refractivity contribution is 6.03. The van der Waals surface area contributed by atoms with Crippen molar-refractivity contribution in [2.45, 2.75) is 44.8 Å². The van der Waals surface area contributed by atoms with E-state index in [0.717, 1.165) is 48.1 Å². The molecule has 0 radical (unpaired) electrons. The van der Waals surface area contributed by atoms with Gasteiger partial charge in [-0.3, -0.25) is 0 Å². The van der Waals surface area contributed by atoms with Gasteiger partial charge in [-0.1, -0.05) is 5.16 Å². The first-order chi connectivity index (χ1) is 9.30. The third-order valence-corrected chi connectivity index (χ3v) is 4.21. The zero-order valence-electron chi connectivity index (χ0n) is 11.0. The molecule has 0 saturated heterocycles. The largest absolute Gasteiger partial charge is 0.389 e. The molecule has 0 unspecified atom stereocenters. The maximum Gasteiger partial charge on any atom is 0.157 e. The molecule has 0 aromatic carbocycles. The quantitative estimate of drug-likeness (QED) is 0.829. The van der Waals surface area contributed by atoms with Gasteiger partial charge in [0, 0.05) is 30.1 Å². The fraction of sp³-hybridized carbons (Fsp3) is 0.500. The lowest BCUT2D eigenvalue weighted by atomic mass is 9.76. The van der Waals surface area contributed by atoms with Crippen LogP contribution in [-0.2, 0) is 11.4 Å². The Kier molecular flexibility index (Phi) is 2.19. The molecular formula is C14H16N4O. The zero-order chi connectivity index (χ0) is 12.9. The van der Waals surface area contributed by atoms with Crippen LogP contribution in [0.2, 0.25) is 0 Å². The minimum atomic E-state index is 0.0118. The summed E-state index contributed by atoms with van der Waals surface area (Å²) in [4.78, 5) is 10.1. The fourth-order valence-corrected chi connectivity index (χ4v) is 2.88. The highest BCUT2D eigenvalue weighted by Gasteiger charge is 2.44. The van der Waals surface area contributed by atoms with Gasteiger partial charge in [0.25, 0.3) is 0 Å². The Balaban J connectivity index is 1.68. The summed E-state index contributed by atoms with van der Waals surface area (Å²) >= 11 is 0.